The van der Waals surface area contributed by atoms with E-state index in [-0.39, 0.29) is 5.91 Å². The molecule has 8 heteroatoms. The van der Waals surface area contributed by atoms with Crippen molar-refractivity contribution in [2.24, 2.45) is 0 Å². The van der Waals surface area contributed by atoms with Crippen LogP contribution in [-0.2, 0) is 4.79 Å². The van der Waals surface area contributed by atoms with Gasteiger partial charge in [-0.25, -0.2) is 15.0 Å². The summed E-state index contributed by atoms with van der Waals surface area (Å²) in [4.78, 5) is 30.4. The Morgan fingerprint density at radius 3 is 2.64 bits per heavy atom. The Labute approximate surface area is 217 Å². The van der Waals surface area contributed by atoms with Gasteiger partial charge in [0.05, 0.1) is 21.1 Å². The number of benzene rings is 1. The molecule has 36 heavy (non-hydrogen) atoms. The summed E-state index contributed by atoms with van der Waals surface area (Å²) in [6, 6.07) is 8.18. The third kappa shape index (κ3) is 6.29. The monoisotopic (exact) mass is 504 g/mol. The molecule has 1 aromatic carbocycles. The lowest BCUT2D eigenvalue weighted by Gasteiger charge is -2.25. The molecule has 7 nitrogen and oxygen atoms in total. The molecule has 1 amide bonds. The van der Waals surface area contributed by atoms with Crippen molar-refractivity contribution < 1.29 is 4.79 Å². The van der Waals surface area contributed by atoms with E-state index in [9.17, 15) is 4.79 Å². The molecular weight excluding hydrogens is 468 g/mol. The normalized spacial score (nSPS) is 13.4. The van der Waals surface area contributed by atoms with Crippen LogP contribution in [0.15, 0.2) is 42.2 Å². The summed E-state index contributed by atoms with van der Waals surface area (Å²) < 4.78 is 1.13. The lowest BCUT2D eigenvalue weighted by Crippen LogP contribution is -2.34. The Bertz CT molecular complexity index is 1320. The number of H-pyrrole nitrogens is 1. The molecule has 5 rings (SSSR count). The van der Waals surface area contributed by atoms with Gasteiger partial charge in [-0.2, -0.15) is 0 Å². The lowest BCUT2D eigenvalue weighted by molar-refractivity contribution is -0.130. The summed E-state index contributed by atoms with van der Waals surface area (Å²) in [7, 11) is 0. The average Bonchev–Trinajstić information content (AvgIpc) is 3.56. The second kappa shape index (κ2) is 12.6. The second-order valence-corrected chi connectivity index (χ2v) is 9.95. The number of amides is 1. The van der Waals surface area contributed by atoms with Crippen molar-refractivity contribution in [3.05, 3.63) is 47.9 Å². The third-order valence-corrected chi connectivity index (χ3v) is 7.23. The van der Waals surface area contributed by atoms with Crippen molar-refractivity contribution in [2.75, 3.05) is 18.4 Å². The predicted octanol–water partition coefficient (Wildman–Crippen LogP) is 7.31. The number of carbonyl (C=O) groups is 1. The van der Waals surface area contributed by atoms with Gasteiger partial charge in [0.2, 0.25) is 5.91 Å². The van der Waals surface area contributed by atoms with Crippen LogP contribution in [0.1, 0.15) is 71.4 Å². The minimum Gasteiger partial charge on any atom is -0.340 e. The molecule has 0 saturated carbocycles. The van der Waals surface area contributed by atoms with Crippen molar-refractivity contribution in [3.63, 3.8) is 0 Å². The van der Waals surface area contributed by atoms with Crippen LogP contribution in [0.3, 0.4) is 0 Å². The summed E-state index contributed by atoms with van der Waals surface area (Å²) in [6.07, 6.45) is 12.1. The SMILES string of the molecule is CCC(=O)N1CC=C(c2cc3c(Nc4ccc5ncsc5c4)ncnc3[nH]2)CC1.CCCCCCC. The topological polar surface area (TPSA) is 86.8 Å². The minimum absolute atomic E-state index is 0.201. The largest absolute Gasteiger partial charge is 0.340 e. The van der Waals surface area contributed by atoms with Crippen molar-refractivity contribution in [3.8, 4) is 0 Å². The fraction of sp³-hybridized carbons (Fsp3) is 0.429. The molecule has 0 radical (unpaired) electrons. The van der Waals surface area contributed by atoms with Crippen LogP contribution in [0.2, 0.25) is 0 Å². The number of aromatic nitrogens is 4. The number of rotatable bonds is 8. The average molecular weight is 505 g/mol. The Morgan fingerprint density at radius 2 is 1.92 bits per heavy atom. The standard InChI is InChI=1S/C21H20N6OS.C7H16/c1-2-19(28)27-7-5-13(6-8-27)17-10-15-20(22-11-23-21(15)26-17)25-14-3-4-16-18(9-14)29-12-24-16;1-3-5-7-6-4-2/h3-5,9-12H,2,6-8H2,1H3,(H2,22,23,25,26);3-7H2,1-2H3. The van der Waals surface area contributed by atoms with Gasteiger partial charge < -0.3 is 15.2 Å². The van der Waals surface area contributed by atoms with Crippen molar-refractivity contribution in [1.82, 2.24) is 24.8 Å². The van der Waals surface area contributed by atoms with Crippen LogP contribution in [0.25, 0.3) is 26.8 Å². The molecule has 0 bridgehead atoms. The Hall–Kier alpha value is -3.26. The van der Waals surface area contributed by atoms with Gasteiger partial charge in [0.1, 0.15) is 17.8 Å². The maximum absolute atomic E-state index is 11.9. The summed E-state index contributed by atoms with van der Waals surface area (Å²) in [6.45, 7) is 7.80. The number of nitrogens with one attached hydrogen (secondary N) is 2. The van der Waals surface area contributed by atoms with E-state index in [2.05, 4.69) is 57.3 Å². The number of nitrogens with zero attached hydrogens (tertiary/aromatic N) is 4. The molecule has 0 atom stereocenters. The maximum Gasteiger partial charge on any atom is 0.222 e. The summed E-state index contributed by atoms with van der Waals surface area (Å²) in [5.74, 6) is 0.966. The molecule has 0 aliphatic carbocycles. The van der Waals surface area contributed by atoms with Crippen molar-refractivity contribution in [1.29, 1.82) is 0 Å². The lowest BCUT2D eigenvalue weighted by atomic mass is 10.0. The zero-order valence-electron chi connectivity index (χ0n) is 21.5. The molecule has 190 valence electrons. The first-order valence-electron chi connectivity index (χ1n) is 13.0. The number of fused-ring (bicyclic) bond motifs is 2. The third-order valence-electron chi connectivity index (χ3n) is 6.44. The van der Waals surface area contributed by atoms with Crippen LogP contribution in [0.4, 0.5) is 11.5 Å². The van der Waals surface area contributed by atoms with E-state index >= 15 is 0 Å². The predicted molar refractivity (Wildman–Crippen MR) is 151 cm³/mol. The number of carbonyl (C=O) groups excluding carboxylic acids is 1. The van der Waals surface area contributed by atoms with E-state index in [0.717, 1.165) is 51.4 Å². The number of unbranched alkanes of at least 4 members (excludes halogenated alkanes) is 4. The molecule has 4 aromatic rings. The number of thiazole rings is 1. The summed E-state index contributed by atoms with van der Waals surface area (Å²) in [5.41, 5.74) is 6.85. The molecule has 0 unspecified atom stereocenters. The smallest absolute Gasteiger partial charge is 0.222 e. The quantitative estimate of drug-likeness (QED) is 0.246. The molecule has 1 aliphatic rings. The summed E-state index contributed by atoms with van der Waals surface area (Å²) >= 11 is 1.62. The van der Waals surface area contributed by atoms with E-state index in [1.165, 1.54) is 37.7 Å². The van der Waals surface area contributed by atoms with Crippen molar-refractivity contribution >= 4 is 55.6 Å². The minimum atomic E-state index is 0.201. The molecule has 1 aliphatic heterocycles. The number of hydrogen-bond acceptors (Lipinski definition) is 6. The number of anilines is 2. The highest BCUT2D eigenvalue weighted by molar-refractivity contribution is 7.16. The van der Waals surface area contributed by atoms with Gasteiger partial charge in [-0.3, -0.25) is 4.79 Å². The van der Waals surface area contributed by atoms with Gasteiger partial charge in [0.15, 0.2) is 0 Å². The fourth-order valence-electron chi connectivity index (χ4n) is 4.32. The van der Waals surface area contributed by atoms with Crippen LogP contribution >= 0.6 is 11.3 Å². The molecule has 0 saturated heterocycles. The first-order valence-corrected chi connectivity index (χ1v) is 13.9. The van der Waals surface area contributed by atoms with E-state index in [1.54, 1.807) is 17.7 Å². The molecule has 2 N–H and O–H groups in total. The number of hydrogen-bond donors (Lipinski definition) is 2. The van der Waals surface area contributed by atoms with Gasteiger partial charge in [-0.1, -0.05) is 59.0 Å². The fourth-order valence-corrected chi connectivity index (χ4v) is 5.04. The van der Waals surface area contributed by atoms with E-state index in [1.807, 2.05) is 29.5 Å². The van der Waals surface area contributed by atoms with Crippen molar-refractivity contribution in [2.45, 2.75) is 65.7 Å². The Kier molecular flexibility index (Phi) is 9.06. The van der Waals surface area contributed by atoms with Gasteiger partial charge >= 0.3 is 0 Å². The second-order valence-electron chi connectivity index (χ2n) is 9.06. The number of aromatic amines is 1. The van der Waals surface area contributed by atoms with Crippen LogP contribution in [0, 0.1) is 0 Å². The van der Waals surface area contributed by atoms with Gasteiger partial charge in [-0.05, 0) is 36.3 Å². The van der Waals surface area contributed by atoms with Gasteiger partial charge in [0.25, 0.3) is 0 Å². The van der Waals surface area contributed by atoms with Crippen LogP contribution in [0.5, 0.6) is 0 Å². The Morgan fingerprint density at radius 1 is 1.08 bits per heavy atom. The van der Waals surface area contributed by atoms with E-state index in [0.29, 0.717) is 13.0 Å². The van der Waals surface area contributed by atoms with Crippen LogP contribution < -0.4 is 5.32 Å². The summed E-state index contributed by atoms with van der Waals surface area (Å²) in [5, 5.41) is 4.35. The zero-order chi connectivity index (χ0) is 25.3. The van der Waals surface area contributed by atoms with Gasteiger partial charge in [-0.15, -0.1) is 11.3 Å². The van der Waals surface area contributed by atoms with E-state index < -0.39 is 0 Å². The molecule has 4 heterocycles. The molecular formula is C28H36N6OS. The molecule has 0 spiro atoms. The van der Waals surface area contributed by atoms with E-state index in [4.69, 9.17) is 0 Å². The molecule has 3 aromatic heterocycles. The highest BCUT2D eigenvalue weighted by atomic mass is 32.1. The highest BCUT2D eigenvalue weighted by Crippen LogP contribution is 2.30. The Balaban J connectivity index is 0.000000384. The zero-order valence-corrected chi connectivity index (χ0v) is 22.3. The first-order chi connectivity index (χ1) is 17.6. The van der Waals surface area contributed by atoms with Gasteiger partial charge in [0, 0.05) is 30.9 Å². The maximum atomic E-state index is 11.9. The highest BCUT2D eigenvalue weighted by Gasteiger charge is 2.18. The first kappa shape index (κ1) is 25.8. The molecule has 0 fully saturated rings. The van der Waals surface area contributed by atoms with Crippen LogP contribution in [-0.4, -0.2) is 43.8 Å².